The van der Waals surface area contributed by atoms with E-state index in [9.17, 15) is 10.1 Å². The standard InChI is InChI=1S/C14H15ClN4O2/c1-10-14(19(20)21)13(18(3)16-10)8-9-17(2)12-6-4-11(15)5-7-12/h4-9H,1-3H3/b9-8+. The van der Waals surface area contributed by atoms with E-state index in [-0.39, 0.29) is 5.69 Å². The number of anilines is 1. The second-order valence-corrected chi connectivity index (χ2v) is 5.04. The van der Waals surface area contributed by atoms with Gasteiger partial charge in [0.2, 0.25) is 0 Å². The highest BCUT2D eigenvalue weighted by molar-refractivity contribution is 6.30. The van der Waals surface area contributed by atoms with Gasteiger partial charge in [0.1, 0.15) is 11.4 Å². The number of rotatable bonds is 4. The first-order valence-electron chi connectivity index (χ1n) is 6.24. The minimum Gasteiger partial charge on any atom is -0.351 e. The Morgan fingerprint density at radius 2 is 2.00 bits per heavy atom. The lowest BCUT2D eigenvalue weighted by molar-refractivity contribution is -0.385. The van der Waals surface area contributed by atoms with Crippen molar-refractivity contribution < 1.29 is 4.92 Å². The van der Waals surface area contributed by atoms with Crippen LogP contribution in [0.5, 0.6) is 0 Å². The normalized spacial score (nSPS) is 11.0. The van der Waals surface area contributed by atoms with Crippen molar-refractivity contribution in [2.45, 2.75) is 6.92 Å². The predicted molar refractivity (Wildman–Crippen MR) is 83.5 cm³/mol. The fourth-order valence-corrected chi connectivity index (χ4v) is 2.15. The Morgan fingerprint density at radius 3 is 2.57 bits per heavy atom. The molecule has 0 aliphatic heterocycles. The summed E-state index contributed by atoms with van der Waals surface area (Å²) in [5.41, 5.74) is 1.81. The summed E-state index contributed by atoms with van der Waals surface area (Å²) >= 11 is 5.85. The molecule has 0 aliphatic carbocycles. The SMILES string of the molecule is Cc1nn(C)c(/C=C/N(C)c2ccc(Cl)cc2)c1[N+](=O)[O-]. The van der Waals surface area contributed by atoms with Gasteiger partial charge in [0.05, 0.1) is 4.92 Å². The number of aromatic nitrogens is 2. The molecule has 0 unspecified atom stereocenters. The van der Waals surface area contributed by atoms with Gasteiger partial charge in [-0.25, -0.2) is 0 Å². The number of aryl methyl sites for hydroxylation is 2. The molecular formula is C14H15ClN4O2. The maximum atomic E-state index is 11.1. The molecule has 2 aromatic rings. The molecule has 1 aromatic heterocycles. The Labute approximate surface area is 127 Å². The van der Waals surface area contributed by atoms with Crippen LogP contribution in [0.1, 0.15) is 11.4 Å². The Bertz CT molecular complexity index is 692. The van der Waals surface area contributed by atoms with Gasteiger partial charge in [0.25, 0.3) is 0 Å². The van der Waals surface area contributed by atoms with Gasteiger partial charge >= 0.3 is 5.69 Å². The van der Waals surface area contributed by atoms with E-state index in [4.69, 9.17) is 11.6 Å². The van der Waals surface area contributed by atoms with Gasteiger partial charge in [-0.3, -0.25) is 14.8 Å². The molecule has 0 saturated carbocycles. The number of hydrogen-bond donors (Lipinski definition) is 0. The summed E-state index contributed by atoms with van der Waals surface area (Å²) < 4.78 is 1.50. The van der Waals surface area contributed by atoms with Crippen molar-refractivity contribution in [3.8, 4) is 0 Å². The molecule has 7 heteroatoms. The molecule has 0 amide bonds. The fourth-order valence-electron chi connectivity index (χ4n) is 2.02. The first kappa shape index (κ1) is 15.1. The molecule has 1 aromatic carbocycles. The van der Waals surface area contributed by atoms with Crippen LogP contribution in [0.15, 0.2) is 30.5 Å². The van der Waals surface area contributed by atoms with Crippen LogP contribution >= 0.6 is 11.6 Å². The van der Waals surface area contributed by atoms with Gasteiger partial charge < -0.3 is 4.90 Å². The molecule has 2 rings (SSSR count). The van der Waals surface area contributed by atoms with E-state index in [0.29, 0.717) is 16.4 Å². The maximum Gasteiger partial charge on any atom is 0.317 e. The molecular weight excluding hydrogens is 292 g/mol. The molecule has 0 radical (unpaired) electrons. The summed E-state index contributed by atoms with van der Waals surface area (Å²) in [4.78, 5) is 12.5. The number of nitro groups is 1. The minimum atomic E-state index is -0.412. The van der Waals surface area contributed by atoms with E-state index in [2.05, 4.69) is 5.10 Å². The Hall–Kier alpha value is -2.34. The monoisotopic (exact) mass is 306 g/mol. The van der Waals surface area contributed by atoms with Gasteiger partial charge in [-0.15, -0.1) is 0 Å². The molecule has 0 spiro atoms. The van der Waals surface area contributed by atoms with Crippen molar-refractivity contribution in [2.75, 3.05) is 11.9 Å². The molecule has 0 fully saturated rings. The van der Waals surface area contributed by atoms with Gasteiger partial charge in [-0.1, -0.05) is 11.6 Å². The van der Waals surface area contributed by atoms with Crippen LogP contribution in [-0.4, -0.2) is 21.8 Å². The van der Waals surface area contributed by atoms with Gasteiger partial charge in [0, 0.05) is 31.0 Å². The highest BCUT2D eigenvalue weighted by Gasteiger charge is 2.21. The average Bonchev–Trinajstić information content (AvgIpc) is 2.71. The van der Waals surface area contributed by atoms with Crippen molar-refractivity contribution in [1.82, 2.24) is 9.78 Å². The first-order chi connectivity index (χ1) is 9.90. The van der Waals surface area contributed by atoms with Crippen molar-refractivity contribution in [2.24, 2.45) is 7.05 Å². The lowest BCUT2D eigenvalue weighted by atomic mass is 10.3. The summed E-state index contributed by atoms with van der Waals surface area (Å²) in [6.45, 7) is 1.62. The van der Waals surface area contributed by atoms with E-state index in [0.717, 1.165) is 5.69 Å². The third kappa shape index (κ3) is 3.22. The summed E-state index contributed by atoms with van der Waals surface area (Å²) in [7, 11) is 3.54. The van der Waals surface area contributed by atoms with E-state index in [1.165, 1.54) is 4.68 Å². The third-order valence-corrected chi connectivity index (χ3v) is 3.36. The summed E-state index contributed by atoms with van der Waals surface area (Å²) in [5, 5.41) is 15.8. The zero-order valence-electron chi connectivity index (χ0n) is 11.9. The van der Waals surface area contributed by atoms with E-state index < -0.39 is 4.92 Å². The molecule has 110 valence electrons. The van der Waals surface area contributed by atoms with Gasteiger partial charge in [-0.2, -0.15) is 5.10 Å². The molecule has 6 nitrogen and oxygen atoms in total. The topological polar surface area (TPSA) is 64.2 Å². The molecule has 0 aliphatic rings. The van der Waals surface area contributed by atoms with E-state index in [1.54, 1.807) is 38.4 Å². The third-order valence-electron chi connectivity index (χ3n) is 3.11. The highest BCUT2D eigenvalue weighted by atomic mass is 35.5. The van der Waals surface area contributed by atoms with Crippen molar-refractivity contribution in [3.63, 3.8) is 0 Å². The summed E-state index contributed by atoms with van der Waals surface area (Å²) in [6.07, 6.45) is 3.43. The molecule has 1 heterocycles. The van der Waals surface area contributed by atoms with E-state index in [1.807, 2.05) is 24.1 Å². The van der Waals surface area contributed by atoms with Crippen molar-refractivity contribution in [3.05, 3.63) is 57.0 Å². The highest BCUT2D eigenvalue weighted by Crippen LogP contribution is 2.24. The van der Waals surface area contributed by atoms with Crippen LogP contribution in [0.4, 0.5) is 11.4 Å². The summed E-state index contributed by atoms with van der Waals surface area (Å²) in [6, 6.07) is 7.32. The predicted octanol–water partition coefficient (Wildman–Crippen LogP) is 3.40. The van der Waals surface area contributed by atoms with Crippen LogP contribution in [0.3, 0.4) is 0 Å². The first-order valence-corrected chi connectivity index (χ1v) is 6.62. The van der Waals surface area contributed by atoms with Crippen molar-refractivity contribution >= 4 is 29.1 Å². The fraction of sp³-hybridized carbons (Fsp3) is 0.214. The number of hydrogen-bond acceptors (Lipinski definition) is 4. The largest absolute Gasteiger partial charge is 0.351 e. The zero-order chi connectivity index (χ0) is 15.6. The van der Waals surface area contributed by atoms with Gasteiger partial charge in [-0.05, 0) is 37.3 Å². The average molecular weight is 307 g/mol. The number of nitrogens with zero attached hydrogens (tertiary/aromatic N) is 4. The molecule has 0 saturated heterocycles. The molecule has 0 bridgehead atoms. The number of halogens is 1. The van der Waals surface area contributed by atoms with Crippen LogP contribution in [0, 0.1) is 17.0 Å². The van der Waals surface area contributed by atoms with Crippen LogP contribution < -0.4 is 4.90 Å². The van der Waals surface area contributed by atoms with Crippen LogP contribution in [-0.2, 0) is 7.05 Å². The maximum absolute atomic E-state index is 11.1. The van der Waals surface area contributed by atoms with Crippen molar-refractivity contribution in [1.29, 1.82) is 0 Å². The number of benzene rings is 1. The minimum absolute atomic E-state index is 0.0262. The quantitative estimate of drug-likeness (QED) is 0.641. The summed E-state index contributed by atoms with van der Waals surface area (Å²) in [5.74, 6) is 0. The molecule has 0 atom stereocenters. The second kappa shape index (κ2) is 5.97. The van der Waals surface area contributed by atoms with Gasteiger partial charge in [0.15, 0.2) is 0 Å². The lowest BCUT2D eigenvalue weighted by Crippen LogP contribution is -2.07. The Morgan fingerprint density at radius 1 is 1.38 bits per heavy atom. The van der Waals surface area contributed by atoms with Crippen LogP contribution in [0.25, 0.3) is 6.08 Å². The molecule has 21 heavy (non-hydrogen) atoms. The smallest absolute Gasteiger partial charge is 0.317 e. The molecule has 0 N–H and O–H groups in total. The van der Waals surface area contributed by atoms with Crippen LogP contribution in [0.2, 0.25) is 5.02 Å². The zero-order valence-corrected chi connectivity index (χ0v) is 12.7. The Kier molecular flexibility index (Phi) is 4.28. The Balaban J connectivity index is 2.29. The second-order valence-electron chi connectivity index (χ2n) is 4.60. The lowest BCUT2D eigenvalue weighted by Gasteiger charge is -2.13. The van der Waals surface area contributed by atoms with E-state index >= 15 is 0 Å².